The SMILES string of the molecule is COc1ccc(C2(c3cccc(Br)c3)N=C(N)N3CC(S(C)(=O)=O)CN=C32)cc1. The van der Waals surface area contributed by atoms with Crippen LogP contribution in [0.3, 0.4) is 0 Å². The number of ether oxygens (including phenoxy) is 1. The highest BCUT2D eigenvalue weighted by Gasteiger charge is 2.51. The van der Waals surface area contributed by atoms with Crippen LogP contribution in [0.1, 0.15) is 11.1 Å². The highest BCUT2D eigenvalue weighted by molar-refractivity contribution is 9.10. The fourth-order valence-corrected chi connectivity index (χ4v) is 4.95. The van der Waals surface area contributed by atoms with Gasteiger partial charge in [-0.15, -0.1) is 0 Å². The lowest BCUT2D eigenvalue weighted by Gasteiger charge is -2.35. The van der Waals surface area contributed by atoms with E-state index in [1.165, 1.54) is 6.26 Å². The molecule has 0 saturated carbocycles. The molecule has 2 aliphatic rings. The molecule has 2 unspecified atom stereocenters. The lowest BCUT2D eigenvalue weighted by Crippen LogP contribution is -2.52. The van der Waals surface area contributed by atoms with Crippen molar-refractivity contribution in [1.29, 1.82) is 0 Å². The molecule has 2 aromatic carbocycles. The normalized spacial score (nSPS) is 24.0. The summed E-state index contributed by atoms with van der Waals surface area (Å²) < 4.78 is 30.4. The van der Waals surface area contributed by atoms with Crippen LogP contribution in [0, 0.1) is 0 Å². The van der Waals surface area contributed by atoms with Crippen molar-refractivity contribution in [2.45, 2.75) is 10.8 Å². The van der Waals surface area contributed by atoms with Crippen molar-refractivity contribution in [3.63, 3.8) is 0 Å². The van der Waals surface area contributed by atoms with Gasteiger partial charge in [-0.3, -0.25) is 9.89 Å². The Balaban J connectivity index is 1.93. The van der Waals surface area contributed by atoms with E-state index < -0.39 is 20.6 Å². The summed E-state index contributed by atoms with van der Waals surface area (Å²) >= 11 is 3.54. The van der Waals surface area contributed by atoms with Crippen LogP contribution in [0.15, 0.2) is 63.0 Å². The lowest BCUT2D eigenvalue weighted by molar-refractivity contribution is 0.414. The fourth-order valence-electron chi connectivity index (χ4n) is 3.79. The van der Waals surface area contributed by atoms with Gasteiger partial charge in [-0.05, 0) is 35.4 Å². The number of guanidine groups is 1. The molecule has 2 aromatic rings. The second kappa shape index (κ2) is 7.14. The van der Waals surface area contributed by atoms with Gasteiger partial charge in [0.25, 0.3) is 0 Å². The molecule has 2 aliphatic heterocycles. The van der Waals surface area contributed by atoms with Gasteiger partial charge in [-0.2, -0.15) is 0 Å². The first-order chi connectivity index (χ1) is 13.8. The summed E-state index contributed by atoms with van der Waals surface area (Å²) in [7, 11) is -1.64. The summed E-state index contributed by atoms with van der Waals surface area (Å²) in [5.74, 6) is 1.62. The standard InChI is InChI=1S/C20H21BrN4O3S/c1-28-16-8-6-13(7-9-16)20(14-4-3-5-15(21)10-14)18-23-11-17(29(2,26)27)12-25(18)19(22)24-20/h3-10,17H,11-12H2,1-2H3,(H2,22,24). The minimum Gasteiger partial charge on any atom is -0.497 e. The molecule has 2 atom stereocenters. The average molecular weight is 477 g/mol. The first-order valence-corrected chi connectivity index (χ1v) is 11.8. The van der Waals surface area contributed by atoms with Crippen LogP contribution in [-0.2, 0) is 15.4 Å². The van der Waals surface area contributed by atoms with Crippen molar-refractivity contribution in [1.82, 2.24) is 4.90 Å². The Labute approximate surface area is 178 Å². The number of sulfone groups is 1. The Morgan fingerprint density at radius 1 is 1.21 bits per heavy atom. The molecule has 2 heterocycles. The predicted molar refractivity (Wildman–Crippen MR) is 117 cm³/mol. The summed E-state index contributed by atoms with van der Waals surface area (Å²) in [6, 6.07) is 15.4. The van der Waals surface area contributed by atoms with E-state index in [1.54, 1.807) is 12.0 Å². The molecule has 9 heteroatoms. The largest absolute Gasteiger partial charge is 0.497 e. The number of nitrogens with two attached hydrogens (primary N) is 1. The van der Waals surface area contributed by atoms with Gasteiger partial charge in [-0.1, -0.05) is 40.2 Å². The Bertz CT molecular complexity index is 1110. The number of aliphatic imine (C=N–C) groups is 2. The third kappa shape index (κ3) is 3.32. The molecule has 0 fully saturated rings. The highest BCUT2D eigenvalue weighted by atomic mass is 79.9. The van der Waals surface area contributed by atoms with Crippen molar-refractivity contribution in [2.24, 2.45) is 15.7 Å². The molecule has 152 valence electrons. The molecule has 0 radical (unpaired) electrons. The van der Waals surface area contributed by atoms with Crippen molar-refractivity contribution >= 4 is 37.6 Å². The van der Waals surface area contributed by atoms with Crippen LogP contribution in [0.5, 0.6) is 5.75 Å². The van der Waals surface area contributed by atoms with Gasteiger partial charge >= 0.3 is 0 Å². The molecular formula is C20H21BrN4O3S. The van der Waals surface area contributed by atoms with Crippen molar-refractivity contribution in [3.05, 3.63) is 64.1 Å². The quantitative estimate of drug-likeness (QED) is 0.728. The van der Waals surface area contributed by atoms with Crippen molar-refractivity contribution in [2.75, 3.05) is 26.5 Å². The Morgan fingerprint density at radius 3 is 2.55 bits per heavy atom. The highest BCUT2D eigenvalue weighted by Crippen LogP contribution is 2.42. The molecule has 0 bridgehead atoms. The van der Waals surface area contributed by atoms with E-state index in [-0.39, 0.29) is 19.0 Å². The van der Waals surface area contributed by atoms with E-state index in [2.05, 4.69) is 15.9 Å². The zero-order chi connectivity index (χ0) is 20.8. The third-order valence-electron chi connectivity index (χ3n) is 5.32. The van der Waals surface area contributed by atoms with Crippen LogP contribution in [0.4, 0.5) is 0 Å². The number of amidine groups is 1. The maximum absolute atomic E-state index is 12.1. The van der Waals surface area contributed by atoms with Gasteiger partial charge in [0.05, 0.1) is 18.9 Å². The number of hydrogen-bond donors (Lipinski definition) is 1. The van der Waals surface area contributed by atoms with Gasteiger partial charge in [0.2, 0.25) is 0 Å². The van der Waals surface area contributed by atoms with Crippen LogP contribution in [0.25, 0.3) is 0 Å². The average Bonchev–Trinajstić information content (AvgIpc) is 3.00. The van der Waals surface area contributed by atoms with Gasteiger partial charge in [0.15, 0.2) is 21.3 Å². The van der Waals surface area contributed by atoms with Crippen molar-refractivity contribution < 1.29 is 13.2 Å². The monoisotopic (exact) mass is 476 g/mol. The van der Waals surface area contributed by atoms with Crippen LogP contribution >= 0.6 is 15.9 Å². The summed E-state index contributed by atoms with van der Waals surface area (Å²) in [6.07, 6.45) is 1.23. The molecule has 0 saturated heterocycles. The van der Waals surface area contributed by atoms with E-state index in [1.807, 2.05) is 48.5 Å². The molecule has 7 nitrogen and oxygen atoms in total. The molecule has 0 amide bonds. The summed E-state index contributed by atoms with van der Waals surface area (Å²) in [5.41, 5.74) is 7.11. The van der Waals surface area contributed by atoms with E-state index in [0.717, 1.165) is 21.3 Å². The van der Waals surface area contributed by atoms with Crippen LogP contribution < -0.4 is 10.5 Å². The topological polar surface area (TPSA) is 97.4 Å². The minimum absolute atomic E-state index is 0.180. The van der Waals surface area contributed by atoms with E-state index in [0.29, 0.717) is 5.84 Å². The second-order valence-electron chi connectivity index (χ2n) is 7.15. The molecule has 0 aromatic heterocycles. The first kappa shape index (κ1) is 19.9. The number of nitrogens with zero attached hydrogens (tertiary/aromatic N) is 3. The Hall–Kier alpha value is -2.39. The predicted octanol–water partition coefficient (Wildman–Crippen LogP) is 2.16. The number of methoxy groups -OCH3 is 1. The Kier molecular flexibility index (Phi) is 4.90. The first-order valence-electron chi connectivity index (χ1n) is 9.03. The third-order valence-corrected chi connectivity index (χ3v) is 7.33. The van der Waals surface area contributed by atoms with Crippen molar-refractivity contribution in [3.8, 4) is 5.75 Å². The zero-order valence-electron chi connectivity index (χ0n) is 16.0. The van der Waals surface area contributed by atoms with Gasteiger partial charge in [0, 0.05) is 17.3 Å². The minimum atomic E-state index is -3.25. The van der Waals surface area contributed by atoms with E-state index in [4.69, 9.17) is 20.5 Å². The number of fused-ring (bicyclic) bond motifs is 1. The maximum atomic E-state index is 12.1. The number of rotatable bonds is 4. The van der Waals surface area contributed by atoms with Crippen LogP contribution in [0.2, 0.25) is 0 Å². The molecule has 0 spiro atoms. The van der Waals surface area contributed by atoms with E-state index >= 15 is 0 Å². The molecule has 4 rings (SSSR count). The van der Waals surface area contributed by atoms with Gasteiger partial charge in [-0.25, -0.2) is 13.4 Å². The Morgan fingerprint density at radius 2 is 1.93 bits per heavy atom. The smallest absolute Gasteiger partial charge is 0.198 e. The summed E-state index contributed by atoms with van der Waals surface area (Å²) in [4.78, 5) is 11.3. The molecule has 2 N–H and O–H groups in total. The van der Waals surface area contributed by atoms with E-state index in [9.17, 15) is 8.42 Å². The van der Waals surface area contributed by atoms with Crippen LogP contribution in [-0.4, -0.2) is 56.8 Å². The number of benzene rings is 2. The molecular weight excluding hydrogens is 456 g/mol. The number of halogens is 1. The maximum Gasteiger partial charge on any atom is 0.198 e. The molecule has 29 heavy (non-hydrogen) atoms. The summed E-state index contributed by atoms with van der Waals surface area (Å²) in [6.45, 7) is 0.415. The zero-order valence-corrected chi connectivity index (χ0v) is 18.4. The summed E-state index contributed by atoms with van der Waals surface area (Å²) in [5, 5.41) is -0.617. The van der Waals surface area contributed by atoms with Gasteiger partial charge < -0.3 is 10.5 Å². The molecule has 0 aliphatic carbocycles. The lowest BCUT2D eigenvalue weighted by atomic mass is 9.82. The second-order valence-corrected chi connectivity index (χ2v) is 10.4. The fraction of sp³-hybridized carbons (Fsp3) is 0.300. The van der Waals surface area contributed by atoms with Gasteiger partial charge in [0.1, 0.15) is 11.6 Å². The number of hydrogen-bond acceptors (Lipinski definition) is 7.